The third kappa shape index (κ3) is 4.57. The molecule has 0 aromatic heterocycles. The van der Waals surface area contributed by atoms with E-state index in [4.69, 9.17) is 11.6 Å². The molecule has 0 radical (unpaired) electrons. The summed E-state index contributed by atoms with van der Waals surface area (Å²) >= 11 is 6.13. The fourth-order valence-electron chi connectivity index (χ4n) is 2.51. The fourth-order valence-corrected chi connectivity index (χ4v) is 2.70. The monoisotopic (exact) mass is 322 g/mol. The molecule has 116 valence electrons. The molecule has 0 saturated carbocycles. The Labute approximate surface area is 142 Å². The van der Waals surface area contributed by atoms with Crippen LogP contribution in [-0.2, 0) is 0 Å². The van der Waals surface area contributed by atoms with Gasteiger partial charge in [0.2, 0.25) is 0 Å². The SMILES string of the molecule is Clc1ccccc1N=CC1=CC(=CNc2ccccc2)CCC1. The third-order valence-corrected chi connectivity index (χ3v) is 4.04. The van der Waals surface area contributed by atoms with Crippen LogP contribution in [0, 0.1) is 0 Å². The molecule has 23 heavy (non-hydrogen) atoms. The molecule has 3 heteroatoms. The van der Waals surface area contributed by atoms with E-state index in [0.29, 0.717) is 5.02 Å². The fraction of sp³-hybridized carbons (Fsp3) is 0.150. The maximum atomic E-state index is 6.13. The molecular formula is C20H19ClN2. The van der Waals surface area contributed by atoms with Gasteiger partial charge < -0.3 is 5.32 Å². The standard InChI is InChI=1S/C20H19ClN2/c21-19-11-4-5-12-20(19)23-15-17-8-6-7-16(13-17)14-22-18-9-2-1-3-10-18/h1-5,9-15,22H,6-8H2. The van der Waals surface area contributed by atoms with Gasteiger partial charge in [0.1, 0.15) is 0 Å². The first-order valence-corrected chi connectivity index (χ1v) is 8.19. The summed E-state index contributed by atoms with van der Waals surface area (Å²) in [7, 11) is 0. The average molecular weight is 323 g/mol. The van der Waals surface area contributed by atoms with Crippen molar-refractivity contribution >= 4 is 29.2 Å². The molecule has 0 amide bonds. The number of anilines is 1. The molecular weight excluding hydrogens is 304 g/mol. The lowest BCUT2D eigenvalue weighted by molar-refractivity contribution is 0.806. The smallest absolute Gasteiger partial charge is 0.0815 e. The van der Waals surface area contributed by atoms with Gasteiger partial charge in [-0.15, -0.1) is 0 Å². The number of benzene rings is 2. The Hall–Kier alpha value is -2.32. The van der Waals surface area contributed by atoms with Crippen molar-refractivity contribution in [3.05, 3.63) is 83.0 Å². The van der Waals surface area contributed by atoms with Crippen LogP contribution in [0.4, 0.5) is 11.4 Å². The summed E-state index contributed by atoms with van der Waals surface area (Å²) in [6.07, 6.45) is 9.50. The van der Waals surface area contributed by atoms with Crippen molar-refractivity contribution in [3.63, 3.8) is 0 Å². The van der Waals surface area contributed by atoms with Gasteiger partial charge in [-0.1, -0.05) is 48.0 Å². The number of aliphatic imine (C=N–C) groups is 1. The van der Waals surface area contributed by atoms with Crippen LogP contribution in [0.15, 0.2) is 83.0 Å². The van der Waals surface area contributed by atoms with E-state index in [9.17, 15) is 0 Å². The third-order valence-electron chi connectivity index (χ3n) is 3.72. The normalized spacial score (nSPS) is 16.6. The highest BCUT2D eigenvalue weighted by molar-refractivity contribution is 6.33. The van der Waals surface area contributed by atoms with Crippen LogP contribution in [0.3, 0.4) is 0 Å². The Bertz CT molecular complexity index is 745. The number of halogens is 1. The molecule has 1 aliphatic rings. The molecule has 1 aliphatic carbocycles. The maximum absolute atomic E-state index is 6.13. The van der Waals surface area contributed by atoms with Gasteiger partial charge in [-0.2, -0.15) is 0 Å². The number of para-hydroxylation sites is 2. The van der Waals surface area contributed by atoms with Crippen molar-refractivity contribution < 1.29 is 0 Å². The summed E-state index contributed by atoms with van der Waals surface area (Å²) in [4.78, 5) is 4.51. The summed E-state index contributed by atoms with van der Waals surface area (Å²) in [6.45, 7) is 0. The first-order valence-electron chi connectivity index (χ1n) is 7.81. The Morgan fingerprint density at radius 2 is 1.74 bits per heavy atom. The predicted molar refractivity (Wildman–Crippen MR) is 99.7 cm³/mol. The van der Waals surface area contributed by atoms with Crippen molar-refractivity contribution in [1.29, 1.82) is 0 Å². The molecule has 0 saturated heterocycles. The molecule has 0 spiro atoms. The van der Waals surface area contributed by atoms with E-state index in [1.165, 1.54) is 11.1 Å². The Morgan fingerprint density at radius 1 is 0.957 bits per heavy atom. The molecule has 2 aromatic rings. The van der Waals surface area contributed by atoms with Gasteiger partial charge in [-0.25, -0.2) is 0 Å². The minimum Gasteiger partial charge on any atom is -0.361 e. The largest absolute Gasteiger partial charge is 0.361 e. The first kappa shape index (κ1) is 15.6. The molecule has 2 aromatic carbocycles. The lowest BCUT2D eigenvalue weighted by Gasteiger charge is -2.12. The number of nitrogens with one attached hydrogen (secondary N) is 1. The Kier molecular flexibility index (Phi) is 5.28. The molecule has 0 bridgehead atoms. The van der Waals surface area contributed by atoms with Crippen LogP contribution in [-0.4, -0.2) is 6.21 Å². The van der Waals surface area contributed by atoms with E-state index in [0.717, 1.165) is 30.6 Å². The second kappa shape index (κ2) is 7.80. The molecule has 1 N–H and O–H groups in total. The molecule has 3 rings (SSSR count). The summed E-state index contributed by atoms with van der Waals surface area (Å²) in [5.74, 6) is 0. The van der Waals surface area contributed by atoms with Gasteiger partial charge in [-0.3, -0.25) is 4.99 Å². The minimum absolute atomic E-state index is 0.682. The molecule has 0 atom stereocenters. The van der Waals surface area contributed by atoms with E-state index in [-0.39, 0.29) is 0 Å². The van der Waals surface area contributed by atoms with Crippen LogP contribution in [0.25, 0.3) is 0 Å². The van der Waals surface area contributed by atoms with E-state index < -0.39 is 0 Å². The van der Waals surface area contributed by atoms with Gasteiger partial charge in [-0.05, 0) is 54.7 Å². The first-order chi connectivity index (χ1) is 11.3. The lowest BCUT2D eigenvalue weighted by Crippen LogP contribution is -1.98. The van der Waals surface area contributed by atoms with Gasteiger partial charge in [0, 0.05) is 18.1 Å². The van der Waals surface area contributed by atoms with E-state index in [1.807, 2.05) is 48.7 Å². The quantitative estimate of drug-likeness (QED) is 0.671. The van der Waals surface area contributed by atoms with Crippen molar-refractivity contribution in [1.82, 2.24) is 0 Å². The highest BCUT2D eigenvalue weighted by Crippen LogP contribution is 2.25. The minimum atomic E-state index is 0.682. The number of hydrogen-bond acceptors (Lipinski definition) is 2. The lowest BCUT2D eigenvalue weighted by atomic mass is 9.96. The molecule has 2 nitrogen and oxygen atoms in total. The second-order valence-electron chi connectivity index (χ2n) is 5.51. The number of rotatable bonds is 4. The molecule has 0 heterocycles. The number of hydrogen-bond donors (Lipinski definition) is 1. The van der Waals surface area contributed by atoms with Gasteiger partial charge in [0.05, 0.1) is 10.7 Å². The van der Waals surface area contributed by atoms with Crippen LogP contribution in [0.5, 0.6) is 0 Å². The zero-order valence-corrected chi connectivity index (χ0v) is 13.6. The van der Waals surface area contributed by atoms with Crippen molar-refractivity contribution in [2.24, 2.45) is 4.99 Å². The van der Waals surface area contributed by atoms with Gasteiger partial charge in [0.15, 0.2) is 0 Å². The van der Waals surface area contributed by atoms with Crippen molar-refractivity contribution in [2.45, 2.75) is 19.3 Å². The Morgan fingerprint density at radius 3 is 2.57 bits per heavy atom. The molecule has 0 aliphatic heterocycles. The molecule has 0 unspecified atom stereocenters. The van der Waals surface area contributed by atoms with E-state index in [2.05, 4.69) is 34.7 Å². The summed E-state index contributed by atoms with van der Waals surface area (Å²) in [5, 5.41) is 4.03. The average Bonchev–Trinajstić information content (AvgIpc) is 2.61. The highest BCUT2D eigenvalue weighted by atomic mass is 35.5. The summed E-state index contributed by atoms with van der Waals surface area (Å²) in [6, 6.07) is 17.8. The number of allylic oxidation sites excluding steroid dienone is 3. The van der Waals surface area contributed by atoms with E-state index >= 15 is 0 Å². The molecule has 0 fully saturated rings. The van der Waals surface area contributed by atoms with Crippen molar-refractivity contribution in [3.8, 4) is 0 Å². The van der Waals surface area contributed by atoms with Crippen LogP contribution in [0.1, 0.15) is 19.3 Å². The summed E-state index contributed by atoms with van der Waals surface area (Å²) < 4.78 is 0. The number of nitrogens with zero attached hydrogens (tertiary/aromatic N) is 1. The zero-order chi connectivity index (χ0) is 15.9. The van der Waals surface area contributed by atoms with Gasteiger partial charge >= 0.3 is 0 Å². The zero-order valence-electron chi connectivity index (χ0n) is 12.9. The van der Waals surface area contributed by atoms with Crippen LogP contribution < -0.4 is 5.32 Å². The van der Waals surface area contributed by atoms with Crippen LogP contribution >= 0.6 is 11.6 Å². The topological polar surface area (TPSA) is 24.4 Å². The second-order valence-corrected chi connectivity index (χ2v) is 5.92. The Balaban J connectivity index is 1.70. The van der Waals surface area contributed by atoms with Crippen molar-refractivity contribution in [2.75, 3.05) is 5.32 Å². The van der Waals surface area contributed by atoms with Gasteiger partial charge in [0.25, 0.3) is 0 Å². The maximum Gasteiger partial charge on any atom is 0.0815 e. The summed E-state index contributed by atoms with van der Waals surface area (Å²) in [5.41, 5.74) is 4.44. The highest BCUT2D eigenvalue weighted by Gasteiger charge is 2.06. The van der Waals surface area contributed by atoms with Crippen LogP contribution in [0.2, 0.25) is 5.02 Å². The van der Waals surface area contributed by atoms with E-state index in [1.54, 1.807) is 0 Å². The predicted octanol–water partition coefficient (Wildman–Crippen LogP) is 6.15.